The predicted molar refractivity (Wildman–Crippen MR) is 99.9 cm³/mol. The van der Waals surface area contributed by atoms with Gasteiger partial charge in [0.1, 0.15) is 0 Å². The Bertz CT molecular complexity index is 706. The predicted octanol–water partition coefficient (Wildman–Crippen LogP) is 3.31. The maximum absolute atomic E-state index is 12.7. The lowest BCUT2D eigenvalue weighted by Gasteiger charge is -2.38. The van der Waals surface area contributed by atoms with Crippen LogP contribution >= 0.6 is 0 Å². The number of hydrogen-bond donors (Lipinski definition) is 1. The Hall–Kier alpha value is -2.20. The summed E-state index contributed by atoms with van der Waals surface area (Å²) in [5.74, 6) is 0.161. The summed E-state index contributed by atoms with van der Waals surface area (Å²) in [4.78, 5) is 19.3. The van der Waals surface area contributed by atoms with Crippen LogP contribution < -0.4 is 5.32 Å². The number of hydrogen-bond acceptors (Lipinski definition) is 3. The molecule has 4 nitrogen and oxygen atoms in total. The Kier molecular flexibility index (Phi) is 5.49. The lowest BCUT2D eigenvalue weighted by Crippen LogP contribution is -2.46. The van der Waals surface area contributed by atoms with Crippen LogP contribution in [0.1, 0.15) is 36.5 Å². The minimum Gasteiger partial charge on any atom is -0.351 e. The topological polar surface area (TPSA) is 45.2 Å². The number of pyridine rings is 1. The summed E-state index contributed by atoms with van der Waals surface area (Å²) in [6, 6.07) is 12.6. The van der Waals surface area contributed by atoms with E-state index in [1.807, 2.05) is 25.4 Å². The zero-order chi connectivity index (χ0) is 17.7. The molecule has 3 rings (SSSR count). The van der Waals surface area contributed by atoms with Crippen LogP contribution in [0, 0.1) is 12.3 Å². The molecule has 0 bridgehead atoms. The van der Waals surface area contributed by atoms with Crippen molar-refractivity contribution in [2.45, 2.75) is 39.8 Å². The number of piperidine rings is 1. The number of rotatable bonds is 5. The van der Waals surface area contributed by atoms with Crippen LogP contribution in [0.25, 0.3) is 0 Å². The van der Waals surface area contributed by atoms with E-state index in [1.54, 1.807) is 0 Å². The van der Waals surface area contributed by atoms with Crippen LogP contribution in [-0.4, -0.2) is 28.9 Å². The number of amides is 1. The summed E-state index contributed by atoms with van der Waals surface area (Å²) < 4.78 is 0. The molecule has 1 aliphatic heterocycles. The number of benzene rings is 1. The fraction of sp³-hybridized carbons (Fsp3) is 0.429. The van der Waals surface area contributed by atoms with Gasteiger partial charge in [0.2, 0.25) is 5.91 Å². The molecule has 4 heteroatoms. The van der Waals surface area contributed by atoms with Crippen molar-refractivity contribution in [1.82, 2.24) is 15.2 Å². The fourth-order valence-electron chi connectivity index (χ4n) is 3.38. The number of nitrogens with zero attached hydrogens (tertiary/aromatic N) is 2. The third-order valence-electron chi connectivity index (χ3n) is 5.14. The number of carbonyl (C=O) groups is 1. The van der Waals surface area contributed by atoms with E-state index in [2.05, 4.69) is 52.5 Å². The van der Waals surface area contributed by atoms with Crippen LogP contribution in [-0.2, 0) is 17.9 Å². The summed E-state index contributed by atoms with van der Waals surface area (Å²) in [7, 11) is 0. The van der Waals surface area contributed by atoms with E-state index in [4.69, 9.17) is 0 Å². The molecule has 0 atom stereocenters. The van der Waals surface area contributed by atoms with E-state index < -0.39 is 0 Å². The minimum atomic E-state index is -0.273. The fourth-order valence-corrected chi connectivity index (χ4v) is 3.38. The van der Waals surface area contributed by atoms with Gasteiger partial charge in [0.15, 0.2) is 0 Å². The number of carbonyl (C=O) groups excluding carboxylic acids is 1. The van der Waals surface area contributed by atoms with Gasteiger partial charge in [0.25, 0.3) is 0 Å². The molecule has 0 aliphatic carbocycles. The van der Waals surface area contributed by atoms with Gasteiger partial charge in [-0.3, -0.25) is 14.7 Å². The van der Waals surface area contributed by atoms with E-state index in [1.165, 1.54) is 5.56 Å². The van der Waals surface area contributed by atoms with Gasteiger partial charge in [-0.1, -0.05) is 43.3 Å². The molecule has 2 heterocycles. The van der Waals surface area contributed by atoms with Gasteiger partial charge in [-0.2, -0.15) is 0 Å². The first-order valence-corrected chi connectivity index (χ1v) is 9.00. The van der Waals surface area contributed by atoms with Crippen molar-refractivity contribution in [3.05, 3.63) is 65.5 Å². The van der Waals surface area contributed by atoms with Gasteiger partial charge in [0, 0.05) is 30.9 Å². The van der Waals surface area contributed by atoms with Gasteiger partial charge in [-0.25, -0.2) is 0 Å². The lowest BCUT2D eigenvalue weighted by atomic mass is 9.79. The summed E-state index contributed by atoms with van der Waals surface area (Å²) in [5, 5.41) is 3.10. The standard InChI is InChI=1S/C21H27N3O/c1-17-12-19(14-22-13-17)15-23-20(25)21(2)8-10-24(11-9-21)16-18-6-4-3-5-7-18/h3-7,12-14H,8-11,15-16H2,1-2H3,(H,23,25). The second-order valence-electron chi connectivity index (χ2n) is 7.38. The molecule has 132 valence electrons. The molecule has 25 heavy (non-hydrogen) atoms. The summed E-state index contributed by atoms with van der Waals surface area (Å²) in [6.45, 7) is 7.55. The average molecular weight is 337 g/mol. The van der Waals surface area contributed by atoms with Crippen LogP contribution in [0.5, 0.6) is 0 Å². The van der Waals surface area contributed by atoms with Crippen LogP contribution in [0.3, 0.4) is 0 Å². The average Bonchev–Trinajstić information content (AvgIpc) is 2.63. The first kappa shape index (κ1) is 17.6. The summed E-state index contributed by atoms with van der Waals surface area (Å²) in [6.07, 6.45) is 5.45. The van der Waals surface area contributed by atoms with E-state index in [9.17, 15) is 4.79 Å². The second-order valence-corrected chi connectivity index (χ2v) is 7.38. The highest BCUT2D eigenvalue weighted by Crippen LogP contribution is 2.31. The Morgan fingerprint density at radius 3 is 2.56 bits per heavy atom. The molecule has 1 N–H and O–H groups in total. The summed E-state index contributed by atoms with van der Waals surface area (Å²) >= 11 is 0. The van der Waals surface area contributed by atoms with Crippen LogP contribution in [0.2, 0.25) is 0 Å². The Balaban J connectivity index is 1.50. The van der Waals surface area contributed by atoms with Crippen LogP contribution in [0.15, 0.2) is 48.8 Å². The molecule has 0 saturated carbocycles. The SMILES string of the molecule is Cc1cncc(CNC(=O)C2(C)CCN(Cc3ccccc3)CC2)c1. The van der Waals surface area contributed by atoms with E-state index in [0.29, 0.717) is 6.54 Å². The molecule has 1 aromatic carbocycles. The molecule has 0 radical (unpaired) electrons. The minimum absolute atomic E-state index is 0.161. The highest BCUT2D eigenvalue weighted by molar-refractivity contribution is 5.82. The van der Waals surface area contributed by atoms with Crippen molar-refractivity contribution in [1.29, 1.82) is 0 Å². The molecule has 1 amide bonds. The molecule has 0 unspecified atom stereocenters. The normalized spacial score (nSPS) is 17.2. The Morgan fingerprint density at radius 1 is 1.16 bits per heavy atom. The number of nitrogens with one attached hydrogen (secondary N) is 1. The molecule has 0 spiro atoms. The number of likely N-dealkylation sites (tertiary alicyclic amines) is 1. The first-order valence-electron chi connectivity index (χ1n) is 9.00. The largest absolute Gasteiger partial charge is 0.351 e. The van der Waals surface area contributed by atoms with Gasteiger partial charge in [-0.15, -0.1) is 0 Å². The Labute approximate surface area is 150 Å². The number of aryl methyl sites for hydroxylation is 1. The zero-order valence-electron chi connectivity index (χ0n) is 15.2. The van der Waals surface area contributed by atoms with Gasteiger partial charge < -0.3 is 5.32 Å². The molecule has 1 aliphatic rings. The highest BCUT2D eigenvalue weighted by atomic mass is 16.2. The van der Waals surface area contributed by atoms with Gasteiger partial charge in [0.05, 0.1) is 0 Å². The monoisotopic (exact) mass is 337 g/mol. The van der Waals surface area contributed by atoms with Crippen molar-refractivity contribution in [2.24, 2.45) is 5.41 Å². The van der Waals surface area contributed by atoms with E-state index >= 15 is 0 Å². The second kappa shape index (κ2) is 7.79. The molecular formula is C21H27N3O. The van der Waals surface area contributed by atoms with E-state index in [-0.39, 0.29) is 11.3 Å². The van der Waals surface area contributed by atoms with Crippen molar-refractivity contribution in [2.75, 3.05) is 13.1 Å². The third-order valence-corrected chi connectivity index (χ3v) is 5.14. The lowest BCUT2D eigenvalue weighted by molar-refractivity contribution is -0.133. The number of aromatic nitrogens is 1. The maximum Gasteiger partial charge on any atom is 0.226 e. The van der Waals surface area contributed by atoms with Gasteiger partial charge in [-0.05, 0) is 49.5 Å². The highest BCUT2D eigenvalue weighted by Gasteiger charge is 2.36. The van der Waals surface area contributed by atoms with E-state index in [0.717, 1.165) is 43.6 Å². The molecule has 2 aromatic rings. The smallest absolute Gasteiger partial charge is 0.226 e. The summed E-state index contributed by atoms with van der Waals surface area (Å²) in [5.41, 5.74) is 3.23. The molecule has 1 fully saturated rings. The van der Waals surface area contributed by atoms with Crippen molar-refractivity contribution >= 4 is 5.91 Å². The van der Waals surface area contributed by atoms with Crippen LogP contribution in [0.4, 0.5) is 0 Å². The van der Waals surface area contributed by atoms with Crippen molar-refractivity contribution in [3.63, 3.8) is 0 Å². The molecule has 1 aromatic heterocycles. The molecular weight excluding hydrogens is 310 g/mol. The first-order chi connectivity index (χ1) is 12.0. The maximum atomic E-state index is 12.7. The van der Waals surface area contributed by atoms with Crippen molar-refractivity contribution < 1.29 is 4.79 Å². The van der Waals surface area contributed by atoms with Crippen molar-refractivity contribution in [3.8, 4) is 0 Å². The third kappa shape index (κ3) is 4.67. The Morgan fingerprint density at radius 2 is 1.88 bits per heavy atom. The zero-order valence-corrected chi connectivity index (χ0v) is 15.2. The molecule has 1 saturated heterocycles. The quantitative estimate of drug-likeness (QED) is 0.910. The van der Waals surface area contributed by atoms with Gasteiger partial charge >= 0.3 is 0 Å².